The van der Waals surface area contributed by atoms with Crippen LogP contribution in [0.1, 0.15) is 12.8 Å². The van der Waals surface area contributed by atoms with Crippen molar-refractivity contribution < 1.29 is 18.3 Å². The second kappa shape index (κ2) is 2.74. The lowest BCUT2D eigenvalue weighted by Crippen LogP contribution is -2.59. The summed E-state index contributed by atoms with van der Waals surface area (Å²) in [5.41, 5.74) is -2.15. The van der Waals surface area contributed by atoms with E-state index in [1.165, 1.54) is 0 Å². The highest BCUT2D eigenvalue weighted by Crippen LogP contribution is 2.59. The summed E-state index contributed by atoms with van der Waals surface area (Å²) in [6.07, 6.45) is -4.08. The Morgan fingerprint density at radius 2 is 1.85 bits per heavy atom. The molecule has 0 aromatic rings. The van der Waals surface area contributed by atoms with Gasteiger partial charge in [-0.3, -0.25) is 0 Å². The first-order valence-corrected chi connectivity index (χ1v) is 3.86. The number of hydrogen-bond donors (Lipinski definition) is 2. The van der Waals surface area contributed by atoms with E-state index in [0.29, 0.717) is 6.54 Å². The molecule has 3 fully saturated rings. The van der Waals surface area contributed by atoms with Crippen molar-refractivity contribution in [1.29, 1.82) is 0 Å². The summed E-state index contributed by atoms with van der Waals surface area (Å²) >= 11 is 0. The van der Waals surface area contributed by atoms with Gasteiger partial charge in [-0.05, 0) is 12.8 Å². The smallest absolute Gasteiger partial charge is 0.396 e. The largest absolute Gasteiger partial charge is 0.406 e. The second-order valence-corrected chi connectivity index (χ2v) is 3.95. The lowest BCUT2D eigenvalue weighted by atomic mass is 9.62. The van der Waals surface area contributed by atoms with Crippen LogP contribution in [0.15, 0.2) is 0 Å². The van der Waals surface area contributed by atoms with Crippen LogP contribution in [-0.4, -0.2) is 30.0 Å². The lowest BCUT2D eigenvalue weighted by Gasteiger charge is -2.45. The summed E-state index contributed by atoms with van der Waals surface area (Å²) in [6.45, 7) is 0.154. The van der Waals surface area contributed by atoms with E-state index in [-0.39, 0.29) is 31.9 Å². The van der Waals surface area contributed by atoms with Gasteiger partial charge in [-0.25, -0.2) is 0 Å². The third-order valence-corrected chi connectivity index (χ3v) is 3.03. The van der Waals surface area contributed by atoms with E-state index in [4.69, 9.17) is 5.11 Å². The fourth-order valence-electron chi connectivity index (χ4n) is 2.30. The number of aliphatic hydroxyl groups is 1. The zero-order valence-electron chi connectivity index (χ0n) is 6.82. The number of hydrogen-bond acceptors (Lipinski definition) is 2. The van der Waals surface area contributed by atoms with E-state index in [2.05, 4.69) is 5.32 Å². The molecule has 3 aliphatic rings. The normalized spacial score (nSPS) is 42.5. The molecule has 1 aliphatic carbocycles. The maximum atomic E-state index is 12.3. The van der Waals surface area contributed by atoms with Gasteiger partial charge in [0.05, 0.1) is 6.61 Å². The molecule has 6 heteroatoms. The van der Waals surface area contributed by atoms with Gasteiger partial charge in [0.1, 0.15) is 5.54 Å². The molecule has 78 valence electrons. The number of fused-ring (bicyclic) bond motifs is 1. The predicted octanol–water partition coefficient (Wildman–Crippen LogP) is 1.08. The van der Waals surface area contributed by atoms with E-state index >= 15 is 0 Å². The molecule has 13 heavy (non-hydrogen) atoms. The van der Waals surface area contributed by atoms with Gasteiger partial charge < -0.3 is 10.4 Å². The van der Waals surface area contributed by atoms with Crippen LogP contribution in [0.5, 0.6) is 0 Å². The van der Waals surface area contributed by atoms with Gasteiger partial charge >= 0.3 is 6.18 Å². The van der Waals surface area contributed by atoms with Crippen LogP contribution >= 0.6 is 12.4 Å². The molecular formula is C7H11ClF3NO. The lowest BCUT2D eigenvalue weighted by molar-refractivity contribution is -0.222. The number of halogens is 4. The van der Waals surface area contributed by atoms with Gasteiger partial charge in [0.15, 0.2) is 0 Å². The van der Waals surface area contributed by atoms with Crippen LogP contribution in [0.4, 0.5) is 13.2 Å². The summed E-state index contributed by atoms with van der Waals surface area (Å²) in [4.78, 5) is 0. The Balaban J connectivity index is 0.000000845. The molecule has 0 amide bonds. The molecule has 0 radical (unpaired) electrons. The van der Waals surface area contributed by atoms with Crippen molar-refractivity contribution in [1.82, 2.24) is 5.32 Å². The summed E-state index contributed by atoms with van der Waals surface area (Å²) < 4.78 is 37.0. The Kier molecular flexibility index (Phi) is 2.34. The predicted molar refractivity (Wildman–Crippen MR) is 42.8 cm³/mol. The van der Waals surface area contributed by atoms with Gasteiger partial charge in [-0.1, -0.05) is 0 Å². The minimum atomic E-state index is -4.16. The fraction of sp³-hybridized carbons (Fsp3) is 1.00. The Hall–Kier alpha value is -0.0000000000000000555. The molecule has 0 unspecified atom stereocenters. The highest BCUT2D eigenvalue weighted by molar-refractivity contribution is 5.85. The Bertz CT molecular complexity index is 212. The van der Waals surface area contributed by atoms with E-state index in [1.54, 1.807) is 0 Å². The Morgan fingerprint density at radius 3 is 2.08 bits per heavy atom. The van der Waals surface area contributed by atoms with Crippen molar-refractivity contribution in [3.05, 3.63) is 0 Å². The second-order valence-electron chi connectivity index (χ2n) is 3.95. The van der Waals surface area contributed by atoms with Crippen LogP contribution in [-0.2, 0) is 0 Å². The molecule has 0 aromatic heterocycles. The number of alkyl halides is 3. The molecule has 2 aliphatic heterocycles. The standard InChI is InChI=1S/C7H10F3NO.ClH/c8-7(9,10)6-1-5(2-6,4-12)3-11-6;/h11-12H,1-4H2;1H. The molecule has 2 saturated heterocycles. The number of nitrogens with one attached hydrogen (secondary N) is 1. The van der Waals surface area contributed by atoms with Crippen molar-refractivity contribution in [3.8, 4) is 0 Å². The minimum absolute atomic E-state index is 0. The molecule has 0 spiro atoms. The van der Waals surface area contributed by atoms with Gasteiger partial charge in [-0.2, -0.15) is 13.2 Å². The van der Waals surface area contributed by atoms with Crippen LogP contribution < -0.4 is 5.32 Å². The topological polar surface area (TPSA) is 32.3 Å². The monoisotopic (exact) mass is 217 g/mol. The SMILES string of the molecule is Cl.OCC12CNC(C(F)(F)F)(C1)C2. The van der Waals surface area contributed by atoms with Crippen molar-refractivity contribution in [2.45, 2.75) is 24.6 Å². The maximum Gasteiger partial charge on any atom is 0.406 e. The van der Waals surface area contributed by atoms with E-state index < -0.39 is 17.1 Å². The van der Waals surface area contributed by atoms with Crippen LogP contribution in [0.2, 0.25) is 0 Å². The molecule has 3 rings (SSSR count). The summed E-state index contributed by atoms with van der Waals surface area (Å²) in [7, 11) is 0. The van der Waals surface area contributed by atoms with Gasteiger partial charge in [-0.15, -0.1) is 12.4 Å². The maximum absolute atomic E-state index is 12.3. The highest BCUT2D eigenvalue weighted by atomic mass is 35.5. The van der Waals surface area contributed by atoms with Crippen molar-refractivity contribution in [2.75, 3.05) is 13.2 Å². The fourth-order valence-corrected chi connectivity index (χ4v) is 2.30. The zero-order valence-corrected chi connectivity index (χ0v) is 7.63. The molecule has 2 heterocycles. The summed E-state index contributed by atoms with van der Waals surface area (Å²) in [6, 6.07) is 0. The first kappa shape index (κ1) is 11.1. The van der Waals surface area contributed by atoms with Gasteiger partial charge in [0, 0.05) is 12.0 Å². The minimum Gasteiger partial charge on any atom is -0.396 e. The first-order valence-electron chi connectivity index (χ1n) is 3.86. The summed E-state index contributed by atoms with van der Waals surface area (Å²) in [5, 5.41) is 11.3. The average molecular weight is 218 g/mol. The van der Waals surface area contributed by atoms with Crippen LogP contribution in [0, 0.1) is 5.41 Å². The van der Waals surface area contributed by atoms with Gasteiger partial charge in [0.2, 0.25) is 0 Å². The number of rotatable bonds is 1. The Morgan fingerprint density at radius 1 is 1.31 bits per heavy atom. The van der Waals surface area contributed by atoms with Crippen molar-refractivity contribution >= 4 is 12.4 Å². The molecule has 0 atom stereocenters. The van der Waals surface area contributed by atoms with E-state index in [1.807, 2.05) is 0 Å². The molecular weight excluding hydrogens is 207 g/mol. The Labute approximate surface area is 79.9 Å². The molecule has 2 nitrogen and oxygen atoms in total. The van der Waals surface area contributed by atoms with Crippen LogP contribution in [0.25, 0.3) is 0 Å². The zero-order chi connectivity index (χ0) is 9.04. The highest BCUT2D eigenvalue weighted by Gasteiger charge is 2.71. The molecule has 2 bridgehead atoms. The van der Waals surface area contributed by atoms with Crippen molar-refractivity contribution in [2.24, 2.45) is 5.41 Å². The molecule has 1 saturated carbocycles. The average Bonchev–Trinajstić information content (AvgIpc) is 2.37. The first-order chi connectivity index (χ1) is 5.43. The van der Waals surface area contributed by atoms with E-state index in [0.717, 1.165) is 0 Å². The third kappa shape index (κ3) is 1.25. The third-order valence-electron chi connectivity index (χ3n) is 3.03. The summed E-state index contributed by atoms with van der Waals surface area (Å²) in [5.74, 6) is 0. The van der Waals surface area contributed by atoms with Gasteiger partial charge in [0.25, 0.3) is 0 Å². The van der Waals surface area contributed by atoms with Crippen molar-refractivity contribution in [3.63, 3.8) is 0 Å². The molecule has 2 N–H and O–H groups in total. The van der Waals surface area contributed by atoms with Crippen LogP contribution in [0.3, 0.4) is 0 Å². The molecule has 0 aromatic carbocycles. The quantitative estimate of drug-likeness (QED) is 0.689. The number of aliphatic hydroxyl groups excluding tert-OH is 1. The van der Waals surface area contributed by atoms with E-state index in [9.17, 15) is 13.2 Å².